The largest absolute Gasteiger partial charge is 0.410 e. The number of nitriles is 1. The lowest BCUT2D eigenvalue weighted by molar-refractivity contribution is 0.322. The molecule has 0 aliphatic heterocycles. The molecule has 0 fully saturated rings. The topological polar surface area (TPSA) is 56.4 Å². The number of hydrogen-bond acceptors (Lipinski definition) is 3. The molecule has 0 aromatic heterocycles. The average Bonchev–Trinajstić information content (AvgIpc) is 1.41. The highest BCUT2D eigenvalue weighted by atomic mass is 16.4. The van der Waals surface area contributed by atoms with E-state index in [0.717, 1.165) is 0 Å². The summed E-state index contributed by atoms with van der Waals surface area (Å²) in [5.41, 5.74) is 0. The van der Waals surface area contributed by atoms with E-state index in [4.69, 9.17) is 10.5 Å². The molecule has 1 N–H and O–H groups in total. The highest BCUT2D eigenvalue weighted by molar-refractivity contribution is 5.74. The average molecular weight is 69.0 g/mol. The van der Waals surface area contributed by atoms with Gasteiger partial charge in [-0.3, -0.25) is 0 Å². The third-order valence-electron chi connectivity index (χ3n) is 0.100. The molecule has 0 unspecified atom stereocenters. The lowest BCUT2D eigenvalue weighted by atomic mass is 10.9. The highest BCUT2D eigenvalue weighted by Crippen LogP contribution is 1.40. The van der Waals surface area contributed by atoms with E-state index in [1.165, 1.54) is 6.07 Å². The molecule has 3 heteroatoms. The molecule has 0 rings (SSSR count). The normalized spacial score (nSPS) is 7.80. The fourth-order valence-corrected chi connectivity index (χ4v) is 0.0224. The van der Waals surface area contributed by atoms with Crippen LogP contribution in [0.1, 0.15) is 0 Å². The minimum atomic E-state index is 1.35. The fraction of sp³-hybridized carbons (Fsp3) is 0. The van der Waals surface area contributed by atoms with Crippen LogP contribution in [0.25, 0.3) is 0 Å². The zero-order chi connectivity index (χ0) is 4.12. The van der Waals surface area contributed by atoms with Crippen molar-refractivity contribution in [1.82, 2.24) is 0 Å². The van der Waals surface area contributed by atoms with Crippen molar-refractivity contribution < 1.29 is 5.21 Å². The maximum atomic E-state index is 7.45. The van der Waals surface area contributed by atoms with Crippen LogP contribution in [0.4, 0.5) is 0 Å². The molecule has 0 saturated carbocycles. The maximum absolute atomic E-state index is 7.45. The minimum Gasteiger partial charge on any atom is -0.410 e. The van der Waals surface area contributed by atoms with Gasteiger partial charge in [0.25, 0.3) is 0 Å². The predicted octanol–water partition coefficient (Wildman–Crippen LogP) is -0.153. The van der Waals surface area contributed by atoms with Crippen LogP contribution >= 0.6 is 0 Å². The van der Waals surface area contributed by atoms with Gasteiger partial charge in [0, 0.05) is 0 Å². The van der Waals surface area contributed by atoms with Crippen LogP contribution in [-0.4, -0.2) is 11.4 Å². The van der Waals surface area contributed by atoms with Crippen LogP contribution in [0, 0.1) is 11.3 Å². The predicted molar refractivity (Wildman–Crippen MR) is 14.8 cm³/mol. The van der Waals surface area contributed by atoms with E-state index >= 15 is 0 Å². The van der Waals surface area contributed by atoms with Crippen molar-refractivity contribution in [2.75, 3.05) is 0 Å². The van der Waals surface area contributed by atoms with Crippen LogP contribution < -0.4 is 0 Å². The second-order valence-electron chi connectivity index (χ2n) is 0.324. The van der Waals surface area contributed by atoms with Gasteiger partial charge in [-0.1, -0.05) is 5.16 Å². The minimum absolute atomic E-state index is 1.35. The van der Waals surface area contributed by atoms with Crippen molar-refractivity contribution in [2.45, 2.75) is 0 Å². The molecule has 1 radical (unpaired) electrons. The molecule has 0 bridgehead atoms. The summed E-state index contributed by atoms with van der Waals surface area (Å²) < 4.78 is 0. The lowest BCUT2D eigenvalue weighted by Gasteiger charge is -1.50. The Kier molecular flexibility index (Phi) is 2.34. The summed E-state index contributed by atoms with van der Waals surface area (Å²) in [6, 6.07) is 1.35. The van der Waals surface area contributed by atoms with E-state index in [9.17, 15) is 0 Å². The number of nitrogens with zero attached hydrogens (tertiary/aromatic N) is 2. The Hall–Kier alpha value is -1.04. The Labute approximate surface area is 29.1 Å². The van der Waals surface area contributed by atoms with Crippen LogP contribution in [0.3, 0.4) is 0 Å². The molecule has 0 heterocycles. The lowest BCUT2D eigenvalue weighted by Crippen LogP contribution is -1.55. The summed E-state index contributed by atoms with van der Waals surface area (Å²) in [5, 5.41) is 17.1. The molecule has 0 aromatic carbocycles. The van der Waals surface area contributed by atoms with E-state index in [1.807, 2.05) is 0 Å². The molecule has 3 nitrogen and oxygen atoms in total. The van der Waals surface area contributed by atoms with Gasteiger partial charge >= 0.3 is 0 Å². The van der Waals surface area contributed by atoms with Gasteiger partial charge in [-0.2, -0.15) is 5.26 Å². The Balaban J connectivity index is 3.04. The van der Waals surface area contributed by atoms with E-state index in [2.05, 4.69) is 5.16 Å². The van der Waals surface area contributed by atoms with Crippen molar-refractivity contribution >= 4 is 6.21 Å². The highest BCUT2D eigenvalue weighted by Gasteiger charge is 1.52. The summed E-state index contributed by atoms with van der Waals surface area (Å²) in [7, 11) is 0. The first-order valence-corrected chi connectivity index (χ1v) is 0.897. The summed E-state index contributed by atoms with van der Waals surface area (Å²) in [4.78, 5) is 0. The molecular weight excluding hydrogens is 68.0 g/mol. The van der Waals surface area contributed by atoms with Gasteiger partial charge in [0.05, 0.1) is 0 Å². The Morgan fingerprint density at radius 2 is 2.40 bits per heavy atom. The zero-order valence-electron chi connectivity index (χ0n) is 2.34. The fourth-order valence-electron chi connectivity index (χ4n) is 0.0224. The molecule has 0 saturated heterocycles. The van der Waals surface area contributed by atoms with Crippen molar-refractivity contribution in [3.63, 3.8) is 0 Å². The molecule has 5 heavy (non-hydrogen) atoms. The van der Waals surface area contributed by atoms with E-state index in [1.54, 1.807) is 6.21 Å². The molecule has 0 amide bonds. The van der Waals surface area contributed by atoms with E-state index in [0.29, 0.717) is 0 Å². The first kappa shape index (κ1) is 3.96. The van der Waals surface area contributed by atoms with E-state index in [-0.39, 0.29) is 0 Å². The summed E-state index contributed by atoms with van der Waals surface area (Å²) >= 11 is 0. The number of rotatable bonds is 0. The van der Waals surface area contributed by atoms with Crippen LogP contribution in [0.2, 0.25) is 0 Å². The van der Waals surface area contributed by atoms with Crippen LogP contribution in [-0.2, 0) is 0 Å². The standard InChI is InChI=1S/C2HN2O/c3-1-2-4-5/h5H. The monoisotopic (exact) mass is 69.0 g/mol. The Bertz CT molecular complexity index is 70.2. The summed E-state index contributed by atoms with van der Waals surface area (Å²) in [6.07, 6.45) is 1.60. The Morgan fingerprint density at radius 1 is 1.80 bits per heavy atom. The molecule has 0 aliphatic carbocycles. The first-order chi connectivity index (χ1) is 2.41. The van der Waals surface area contributed by atoms with E-state index < -0.39 is 0 Å². The molecular formula is C2HN2O. The maximum Gasteiger partial charge on any atom is 0.219 e. The second-order valence-corrected chi connectivity index (χ2v) is 0.324. The van der Waals surface area contributed by atoms with Gasteiger partial charge in [0.2, 0.25) is 6.21 Å². The van der Waals surface area contributed by atoms with Gasteiger partial charge in [-0.15, -0.1) is 0 Å². The molecule has 0 atom stereocenters. The van der Waals surface area contributed by atoms with Gasteiger partial charge < -0.3 is 5.21 Å². The quantitative estimate of drug-likeness (QED) is 0.244. The van der Waals surface area contributed by atoms with Crippen LogP contribution in [0.15, 0.2) is 5.16 Å². The van der Waals surface area contributed by atoms with Crippen molar-refractivity contribution in [1.29, 1.82) is 5.26 Å². The number of hydrogen-bond donors (Lipinski definition) is 1. The van der Waals surface area contributed by atoms with Crippen molar-refractivity contribution in [3.05, 3.63) is 0 Å². The molecule has 0 aromatic rings. The van der Waals surface area contributed by atoms with Gasteiger partial charge in [-0.05, 0) is 0 Å². The van der Waals surface area contributed by atoms with Crippen molar-refractivity contribution in [3.8, 4) is 6.07 Å². The molecule has 0 aliphatic rings. The summed E-state index contributed by atoms with van der Waals surface area (Å²) in [6.45, 7) is 0. The van der Waals surface area contributed by atoms with Crippen LogP contribution in [0.5, 0.6) is 0 Å². The molecule has 25 valence electrons. The Morgan fingerprint density at radius 3 is 2.40 bits per heavy atom. The molecule has 0 spiro atoms. The summed E-state index contributed by atoms with van der Waals surface area (Å²) in [5.74, 6) is 0. The van der Waals surface area contributed by atoms with Gasteiger partial charge in [0.15, 0.2) is 0 Å². The third-order valence-corrected chi connectivity index (χ3v) is 0.100. The zero-order valence-corrected chi connectivity index (χ0v) is 2.34. The van der Waals surface area contributed by atoms with Gasteiger partial charge in [-0.25, -0.2) is 0 Å². The first-order valence-electron chi connectivity index (χ1n) is 0.897. The second kappa shape index (κ2) is 2.96. The van der Waals surface area contributed by atoms with Crippen molar-refractivity contribution in [2.24, 2.45) is 5.16 Å². The van der Waals surface area contributed by atoms with Gasteiger partial charge in [0.1, 0.15) is 6.07 Å². The third kappa shape index (κ3) is 2.96. The SMILES string of the molecule is N#C/[C]=N/O. The smallest absolute Gasteiger partial charge is 0.219 e.